The first-order chi connectivity index (χ1) is 13.8. The average molecular weight is 428 g/mol. The molecule has 9 heteroatoms. The lowest BCUT2D eigenvalue weighted by atomic mass is 9.97. The molecule has 0 radical (unpaired) electrons. The largest absolute Gasteiger partial charge is 0.352 e. The number of sulfonamides is 1. The third-order valence-corrected chi connectivity index (χ3v) is 7.23. The zero-order valence-electron chi connectivity index (χ0n) is 16.2. The summed E-state index contributed by atoms with van der Waals surface area (Å²) < 4.78 is 52.5. The second-order valence-corrected chi connectivity index (χ2v) is 9.75. The van der Waals surface area contributed by atoms with Gasteiger partial charge in [-0.05, 0) is 68.5 Å². The minimum Gasteiger partial charge on any atom is -0.352 e. The highest BCUT2D eigenvalue weighted by Crippen LogP contribution is 2.27. The van der Waals surface area contributed by atoms with E-state index in [2.05, 4.69) is 14.9 Å². The molecule has 1 aromatic carbocycles. The zero-order chi connectivity index (χ0) is 20.9. The Balaban J connectivity index is 1.32. The van der Waals surface area contributed by atoms with Gasteiger partial charge in [0.05, 0.1) is 5.25 Å². The predicted molar refractivity (Wildman–Crippen MR) is 108 cm³/mol. The molecule has 2 fully saturated rings. The molecule has 1 aliphatic carbocycles. The number of benzene rings is 1. The van der Waals surface area contributed by atoms with E-state index in [1.807, 2.05) is 0 Å². The normalized spacial score (nSPS) is 19.0. The Hall–Kier alpha value is -1.84. The number of piperidine rings is 1. The molecular weight excluding hydrogens is 400 g/mol. The van der Waals surface area contributed by atoms with Crippen LogP contribution in [0.25, 0.3) is 6.08 Å². The molecule has 0 aromatic heterocycles. The smallest absolute Gasteiger partial charge is 0.244 e. The highest BCUT2D eigenvalue weighted by atomic mass is 32.2. The summed E-state index contributed by atoms with van der Waals surface area (Å²) in [4.78, 5) is 14.2. The summed E-state index contributed by atoms with van der Waals surface area (Å²) in [6, 6.07) is 3.10. The van der Waals surface area contributed by atoms with Gasteiger partial charge >= 0.3 is 0 Å². The van der Waals surface area contributed by atoms with Crippen LogP contribution in [0.4, 0.5) is 8.78 Å². The van der Waals surface area contributed by atoms with Crippen molar-refractivity contribution in [2.45, 2.75) is 30.9 Å². The van der Waals surface area contributed by atoms with Crippen molar-refractivity contribution >= 4 is 22.0 Å². The number of hydrogen-bond acceptors (Lipinski definition) is 4. The molecule has 1 heterocycles. The van der Waals surface area contributed by atoms with Crippen molar-refractivity contribution in [2.24, 2.45) is 5.92 Å². The maximum Gasteiger partial charge on any atom is 0.244 e. The van der Waals surface area contributed by atoms with Crippen molar-refractivity contribution in [2.75, 3.05) is 32.7 Å². The first-order valence-corrected chi connectivity index (χ1v) is 11.5. The first kappa shape index (κ1) is 21.9. The molecule has 29 heavy (non-hydrogen) atoms. The fraction of sp³-hybridized carbons (Fsp3) is 0.550. The van der Waals surface area contributed by atoms with E-state index in [4.69, 9.17) is 0 Å². The number of likely N-dealkylation sites (tertiary alicyclic amines) is 1. The lowest BCUT2D eigenvalue weighted by Gasteiger charge is -2.31. The fourth-order valence-corrected chi connectivity index (χ4v) is 4.77. The van der Waals surface area contributed by atoms with Crippen LogP contribution in [-0.2, 0) is 14.8 Å². The number of nitrogens with one attached hydrogen (secondary N) is 2. The Morgan fingerprint density at radius 3 is 2.38 bits per heavy atom. The Labute approximate surface area is 170 Å². The summed E-state index contributed by atoms with van der Waals surface area (Å²) in [6.45, 7) is 3.40. The van der Waals surface area contributed by atoms with Crippen LogP contribution in [0.15, 0.2) is 24.3 Å². The number of carbonyl (C=O) groups is 1. The van der Waals surface area contributed by atoms with E-state index in [0.717, 1.165) is 57.0 Å². The standard InChI is InChI=1S/C20H27F2N3O3S/c21-17-11-16(12-18(22)13-17)1-4-20(26)23-14-15-5-8-25(9-6-15)10-7-24-29(27,28)19-2-3-19/h1,4,11-13,15,19,24H,2-3,5-10,14H2,(H,23,26)/b4-1+. The molecular formula is C20H27F2N3O3S. The Bertz CT molecular complexity index is 828. The zero-order valence-corrected chi connectivity index (χ0v) is 17.1. The van der Waals surface area contributed by atoms with Crippen molar-refractivity contribution in [1.82, 2.24) is 14.9 Å². The van der Waals surface area contributed by atoms with Crippen LogP contribution in [0.3, 0.4) is 0 Å². The van der Waals surface area contributed by atoms with Crippen molar-refractivity contribution in [3.8, 4) is 0 Å². The molecule has 0 atom stereocenters. The van der Waals surface area contributed by atoms with Gasteiger partial charge in [-0.15, -0.1) is 0 Å². The van der Waals surface area contributed by atoms with E-state index in [1.165, 1.54) is 12.2 Å². The van der Waals surface area contributed by atoms with E-state index < -0.39 is 21.7 Å². The molecule has 160 valence electrons. The van der Waals surface area contributed by atoms with Crippen molar-refractivity contribution < 1.29 is 22.0 Å². The van der Waals surface area contributed by atoms with E-state index in [0.29, 0.717) is 31.1 Å². The number of amides is 1. The molecule has 0 bridgehead atoms. The van der Waals surface area contributed by atoms with Gasteiger partial charge in [-0.25, -0.2) is 21.9 Å². The van der Waals surface area contributed by atoms with Gasteiger partial charge in [-0.3, -0.25) is 4.79 Å². The van der Waals surface area contributed by atoms with Gasteiger partial charge in [-0.1, -0.05) is 0 Å². The first-order valence-electron chi connectivity index (χ1n) is 9.95. The van der Waals surface area contributed by atoms with Gasteiger partial charge in [0.1, 0.15) is 11.6 Å². The van der Waals surface area contributed by atoms with E-state index in [-0.39, 0.29) is 11.2 Å². The molecule has 1 aliphatic heterocycles. The highest BCUT2D eigenvalue weighted by Gasteiger charge is 2.35. The number of halogens is 2. The second-order valence-electron chi connectivity index (χ2n) is 7.70. The Morgan fingerprint density at radius 1 is 1.10 bits per heavy atom. The SMILES string of the molecule is O=C(/C=C/c1cc(F)cc(F)c1)NCC1CCN(CCNS(=O)(=O)C2CC2)CC1. The maximum atomic E-state index is 13.1. The number of rotatable bonds is 9. The fourth-order valence-electron chi connectivity index (χ4n) is 3.40. The van der Waals surface area contributed by atoms with Crippen molar-refractivity contribution in [3.63, 3.8) is 0 Å². The lowest BCUT2D eigenvalue weighted by molar-refractivity contribution is -0.116. The van der Waals surface area contributed by atoms with Crippen LogP contribution >= 0.6 is 0 Å². The summed E-state index contributed by atoms with van der Waals surface area (Å²) in [5, 5.41) is 2.64. The van der Waals surface area contributed by atoms with E-state index in [9.17, 15) is 22.0 Å². The third kappa shape index (κ3) is 7.17. The molecule has 1 saturated heterocycles. The van der Waals surface area contributed by atoms with Crippen LogP contribution in [0.5, 0.6) is 0 Å². The Kier molecular flexibility index (Phi) is 7.37. The van der Waals surface area contributed by atoms with Gasteiger partial charge in [0.25, 0.3) is 0 Å². The average Bonchev–Trinajstić information content (AvgIpc) is 3.51. The number of carbonyl (C=O) groups excluding carboxylic acids is 1. The summed E-state index contributed by atoms with van der Waals surface area (Å²) in [7, 11) is -3.12. The molecule has 3 rings (SSSR count). The van der Waals surface area contributed by atoms with Gasteiger partial charge in [0.15, 0.2) is 0 Å². The molecule has 6 nitrogen and oxygen atoms in total. The maximum absolute atomic E-state index is 13.1. The highest BCUT2D eigenvalue weighted by molar-refractivity contribution is 7.90. The quantitative estimate of drug-likeness (QED) is 0.590. The van der Waals surface area contributed by atoms with Gasteiger partial charge in [-0.2, -0.15) is 0 Å². The minimum atomic E-state index is -3.12. The molecule has 0 spiro atoms. The van der Waals surface area contributed by atoms with Crippen LogP contribution in [0.2, 0.25) is 0 Å². The number of nitrogens with zero attached hydrogens (tertiary/aromatic N) is 1. The van der Waals surface area contributed by atoms with Crippen molar-refractivity contribution in [1.29, 1.82) is 0 Å². The Morgan fingerprint density at radius 2 is 1.76 bits per heavy atom. The third-order valence-electron chi connectivity index (χ3n) is 5.28. The van der Waals surface area contributed by atoms with Gasteiger partial charge < -0.3 is 10.2 Å². The topological polar surface area (TPSA) is 78.5 Å². The molecule has 2 N–H and O–H groups in total. The van der Waals surface area contributed by atoms with Gasteiger partial charge in [0, 0.05) is 31.8 Å². The molecule has 0 unspecified atom stereocenters. The molecule has 2 aliphatic rings. The monoisotopic (exact) mass is 427 g/mol. The second kappa shape index (κ2) is 9.77. The summed E-state index contributed by atoms with van der Waals surface area (Å²) in [5.41, 5.74) is 0.295. The van der Waals surface area contributed by atoms with Crippen LogP contribution < -0.4 is 10.0 Å². The molecule has 1 aromatic rings. The minimum absolute atomic E-state index is 0.189. The summed E-state index contributed by atoms with van der Waals surface area (Å²) in [5.74, 6) is -1.31. The summed E-state index contributed by atoms with van der Waals surface area (Å²) in [6.07, 6.45) is 6.03. The van der Waals surface area contributed by atoms with Crippen molar-refractivity contribution in [3.05, 3.63) is 41.5 Å². The summed E-state index contributed by atoms with van der Waals surface area (Å²) >= 11 is 0. The lowest BCUT2D eigenvalue weighted by Crippen LogP contribution is -2.42. The van der Waals surface area contributed by atoms with Crippen LogP contribution in [0.1, 0.15) is 31.2 Å². The van der Waals surface area contributed by atoms with E-state index >= 15 is 0 Å². The predicted octanol–water partition coefficient (Wildman–Crippen LogP) is 1.89. The van der Waals surface area contributed by atoms with Crippen LogP contribution in [0, 0.1) is 17.6 Å². The molecule has 1 saturated carbocycles. The van der Waals surface area contributed by atoms with Crippen LogP contribution in [-0.4, -0.2) is 57.2 Å². The van der Waals surface area contributed by atoms with Gasteiger partial charge in [0.2, 0.25) is 15.9 Å². The molecule has 1 amide bonds. The van der Waals surface area contributed by atoms with E-state index in [1.54, 1.807) is 0 Å². The number of hydrogen-bond donors (Lipinski definition) is 2.